The topological polar surface area (TPSA) is 12.0 Å². The molecule has 1 nitrogen and oxygen atoms in total. The maximum Gasteiger partial charge on any atom is 0.0451 e. The van der Waals surface area contributed by atoms with E-state index in [1.165, 1.54) is 24.0 Å². The van der Waals surface area contributed by atoms with Crippen LogP contribution in [0.3, 0.4) is 0 Å². The summed E-state index contributed by atoms with van der Waals surface area (Å²) in [4.78, 5) is 0. The molecule has 76 valence electrons. The normalized spacial score (nSPS) is 15.9. The monoisotopic (exact) mass is 209 g/mol. The van der Waals surface area contributed by atoms with Crippen molar-refractivity contribution in [2.45, 2.75) is 32.2 Å². The highest BCUT2D eigenvalue weighted by Gasteiger charge is 2.23. The zero-order valence-corrected chi connectivity index (χ0v) is 9.27. The third kappa shape index (κ3) is 2.28. The second kappa shape index (κ2) is 4.33. The molecule has 0 heterocycles. The minimum Gasteiger partial charge on any atom is -0.313 e. The molecule has 1 aliphatic rings. The van der Waals surface area contributed by atoms with Gasteiger partial charge < -0.3 is 5.32 Å². The molecular weight excluding hydrogens is 194 g/mol. The van der Waals surface area contributed by atoms with E-state index in [1.54, 1.807) is 0 Å². The van der Waals surface area contributed by atoms with Gasteiger partial charge in [0.1, 0.15) is 0 Å². The highest BCUT2D eigenvalue weighted by atomic mass is 35.5. The van der Waals surface area contributed by atoms with Crippen molar-refractivity contribution < 1.29 is 0 Å². The first-order chi connectivity index (χ1) is 6.81. The lowest BCUT2D eigenvalue weighted by atomic mass is 10.1. The molecule has 1 fully saturated rings. The zero-order chi connectivity index (χ0) is 9.97. The van der Waals surface area contributed by atoms with Crippen LogP contribution in [0.15, 0.2) is 18.2 Å². The van der Waals surface area contributed by atoms with E-state index in [-0.39, 0.29) is 0 Å². The average Bonchev–Trinajstić information content (AvgIpc) is 3.00. The number of benzene rings is 1. The quantitative estimate of drug-likeness (QED) is 0.802. The van der Waals surface area contributed by atoms with Crippen molar-refractivity contribution in [1.29, 1.82) is 0 Å². The van der Waals surface area contributed by atoms with Gasteiger partial charge in [0.25, 0.3) is 0 Å². The van der Waals surface area contributed by atoms with Crippen molar-refractivity contribution in [3.63, 3.8) is 0 Å². The van der Waals surface area contributed by atoms with E-state index in [4.69, 9.17) is 11.6 Å². The van der Waals surface area contributed by atoms with E-state index in [0.717, 1.165) is 24.0 Å². The van der Waals surface area contributed by atoms with Gasteiger partial charge in [-0.3, -0.25) is 0 Å². The van der Waals surface area contributed by atoms with E-state index < -0.39 is 0 Å². The Bertz CT molecular complexity index is 318. The van der Waals surface area contributed by atoms with Gasteiger partial charge in [0.15, 0.2) is 0 Å². The first-order valence-electron chi connectivity index (χ1n) is 5.30. The van der Waals surface area contributed by atoms with Crippen LogP contribution in [0.1, 0.15) is 36.8 Å². The molecule has 0 amide bonds. The van der Waals surface area contributed by atoms with Gasteiger partial charge in [-0.05, 0) is 42.5 Å². The molecule has 0 atom stereocenters. The van der Waals surface area contributed by atoms with Gasteiger partial charge in [0, 0.05) is 11.6 Å². The molecule has 1 aliphatic carbocycles. The molecule has 0 aromatic heterocycles. The summed E-state index contributed by atoms with van der Waals surface area (Å²) in [7, 11) is 0. The molecule has 0 radical (unpaired) electrons. The third-order valence-electron chi connectivity index (χ3n) is 2.68. The second-order valence-electron chi connectivity index (χ2n) is 3.91. The highest BCUT2D eigenvalue weighted by molar-refractivity contribution is 6.31. The van der Waals surface area contributed by atoms with E-state index >= 15 is 0 Å². The minimum absolute atomic E-state index is 0.813. The first-order valence-corrected chi connectivity index (χ1v) is 5.68. The molecule has 0 unspecified atom stereocenters. The molecule has 1 aromatic rings. The van der Waals surface area contributed by atoms with Gasteiger partial charge >= 0.3 is 0 Å². The van der Waals surface area contributed by atoms with Crippen molar-refractivity contribution in [2.75, 3.05) is 6.54 Å². The Morgan fingerprint density at radius 1 is 1.43 bits per heavy atom. The van der Waals surface area contributed by atoms with Crippen LogP contribution in [-0.2, 0) is 6.54 Å². The van der Waals surface area contributed by atoms with Gasteiger partial charge in [-0.15, -0.1) is 0 Å². The Hall–Kier alpha value is -0.530. The molecule has 14 heavy (non-hydrogen) atoms. The van der Waals surface area contributed by atoms with E-state index in [1.807, 2.05) is 6.07 Å². The highest BCUT2D eigenvalue weighted by Crippen LogP contribution is 2.40. The molecule has 1 saturated carbocycles. The van der Waals surface area contributed by atoms with Gasteiger partial charge in [0.2, 0.25) is 0 Å². The van der Waals surface area contributed by atoms with Crippen LogP contribution < -0.4 is 5.32 Å². The first kappa shape index (κ1) is 10.0. The molecular formula is C12H16ClN. The Morgan fingerprint density at radius 3 is 2.86 bits per heavy atom. The predicted octanol–water partition coefficient (Wildman–Crippen LogP) is 3.33. The van der Waals surface area contributed by atoms with Gasteiger partial charge in [-0.1, -0.05) is 30.7 Å². The maximum atomic E-state index is 6.12. The van der Waals surface area contributed by atoms with Gasteiger partial charge in [-0.25, -0.2) is 0 Å². The zero-order valence-electron chi connectivity index (χ0n) is 8.52. The van der Waals surface area contributed by atoms with Crippen molar-refractivity contribution in [3.8, 4) is 0 Å². The smallest absolute Gasteiger partial charge is 0.0451 e. The lowest BCUT2D eigenvalue weighted by Gasteiger charge is -2.07. The summed E-state index contributed by atoms with van der Waals surface area (Å²) in [6.45, 7) is 3.98. The summed E-state index contributed by atoms with van der Waals surface area (Å²) >= 11 is 6.12. The standard InChI is InChI=1S/C12H16ClN/c1-2-14-8-11-7-10(9-3-4-9)5-6-12(11)13/h5-7,9,14H,2-4,8H2,1H3. The number of halogens is 1. The molecule has 2 heteroatoms. The molecule has 0 saturated heterocycles. The number of nitrogens with one attached hydrogen (secondary N) is 1. The van der Waals surface area contributed by atoms with Crippen LogP contribution in [0, 0.1) is 0 Å². The second-order valence-corrected chi connectivity index (χ2v) is 4.31. The molecule has 1 N–H and O–H groups in total. The molecule has 2 rings (SSSR count). The Labute approximate surface area is 90.5 Å². The van der Waals surface area contributed by atoms with Gasteiger partial charge in [-0.2, -0.15) is 0 Å². The van der Waals surface area contributed by atoms with E-state index in [0.29, 0.717) is 0 Å². The summed E-state index contributed by atoms with van der Waals surface area (Å²) < 4.78 is 0. The van der Waals surface area contributed by atoms with Crippen LogP contribution >= 0.6 is 11.6 Å². The maximum absolute atomic E-state index is 6.12. The predicted molar refractivity (Wildman–Crippen MR) is 60.8 cm³/mol. The number of hydrogen-bond donors (Lipinski definition) is 1. The Balaban J connectivity index is 2.14. The van der Waals surface area contributed by atoms with Crippen molar-refractivity contribution in [2.24, 2.45) is 0 Å². The third-order valence-corrected chi connectivity index (χ3v) is 3.05. The van der Waals surface area contributed by atoms with Crippen LogP contribution in [0.2, 0.25) is 5.02 Å². The van der Waals surface area contributed by atoms with Crippen LogP contribution in [0.25, 0.3) is 0 Å². The van der Waals surface area contributed by atoms with E-state index in [9.17, 15) is 0 Å². The van der Waals surface area contributed by atoms with Crippen molar-refractivity contribution >= 4 is 11.6 Å². The van der Waals surface area contributed by atoms with Crippen molar-refractivity contribution in [1.82, 2.24) is 5.32 Å². The van der Waals surface area contributed by atoms with E-state index in [2.05, 4.69) is 24.4 Å². The molecule has 0 aliphatic heterocycles. The number of rotatable bonds is 4. The fourth-order valence-electron chi connectivity index (χ4n) is 1.66. The molecule has 1 aromatic carbocycles. The van der Waals surface area contributed by atoms with Crippen LogP contribution in [-0.4, -0.2) is 6.54 Å². The lowest BCUT2D eigenvalue weighted by Crippen LogP contribution is -2.12. The van der Waals surface area contributed by atoms with Crippen molar-refractivity contribution in [3.05, 3.63) is 34.3 Å². The Morgan fingerprint density at radius 2 is 2.21 bits per heavy atom. The SMILES string of the molecule is CCNCc1cc(C2CC2)ccc1Cl. The summed E-state index contributed by atoms with van der Waals surface area (Å²) in [6.07, 6.45) is 2.70. The minimum atomic E-state index is 0.813. The summed E-state index contributed by atoms with van der Waals surface area (Å²) in [5, 5.41) is 4.19. The average molecular weight is 210 g/mol. The summed E-state index contributed by atoms with van der Waals surface area (Å²) in [6, 6.07) is 6.44. The summed E-state index contributed by atoms with van der Waals surface area (Å²) in [5.41, 5.74) is 2.69. The van der Waals surface area contributed by atoms with Crippen LogP contribution in [0.4, 0.5) is 0 Å². The fraction of sp³-hybridized carbons (Fsp3) is 0.500. The largest absolute Gasteiger partial charge is 0.313 e. The lowest BCUT2D eigenvalue weighted by molar-refractivity contribution is 0.726. The molecule has 0 bridgehead atoms. The van der Waals surface area contributed by atoms with Gasteiger partial charge in [0.05, 0.1) is 0 Å². The fourth-order valence-corrected chi connectivity index (χ4v) is 1.84. The Kier molecular flexibility index (Phi) is 3.09. The van der Waals surface area contributed by atoms with Crippen LogP contribution in [0.5, 0.6) is 0 Å². The summed E-state index contributed by atoms with van der Waals surface area (Å²) in [5.74, 6) is 0.813. The number of hydrogen-bond acceptors (Lipinski definition) is 1. The molecule has 0 spiro atoms.